The smallest absolute Gasteiger partial charge is 0.227 e. The van der Waals surface area contributed by atoms with E-state index in [-0.39, 0.29) is 18.4 Å². The minimum Gasteiger partial charge on any atom is -0.364 e. The van der Waals surface area contributed by atoms with E-state index in [4.69, 9.17) is 15.0 Å². The van der Waals surface area contributed by atoms with Gasteiger partial charge in [-0.3, -0.25) is 4.90 Å². The van der Waals surface area contributed by atoms with Crippen molar-refractivity contribution in [1.29, 1.82) is 0 Å². The summed E-state index contributed by atoms with van der Waals surface area (Å²) in [5, 5.41) is 7.33. The van der Waals surface area contributed by atoms with Crippen LogP contribution in [0.5, 0.6) is 0 Å². The molecule has 2 heterocycles. The fraction of sp³-hybridized carbons (Fsp3) is 0.514. The third-order valence-electron chi connectivity index (χ3n) is 9.42. The van der Waals surface area contributed by atoms with Crippen molar-refractivity contribution in [3.05, 3.63) is 66.5 Å². The minimum absolute atomic E-state index is 0. The highest BCUT2D eigenvalue weighted by molar-refractivity contribution is 5.85. The second kappa shape index (κ2) is 13.2. The molecular formula is C35H46ClN7. The van der Waals surface area contributed by atoms with Crippen molar-refractivity contribution in [3.63, 3.8) is 0 Å². The lowest BCUT2D eigenvalue weighted by Crippen LogP contribution is -2.42. The molecule has 3 aliphatic carbocycles. The molecule has 43 heavy (non-hydrogen) atoms. The number of rotatable bonds is 12. The van der Waals surface area contributed by atoms with Crippen LogP contribution in [0.25, 0.3) is 22.3 Å². The van der Waals surface area contributed by atoms with Gasteiger partial charge in [-0.25, -0.2) is 4.98 Å². The molecule has 0 atom stereocenters. The summed E-state index contributed by atoms with van der Waals surface area (Å²) in [6, 6.07) is 20.7. The minimum atomic E-state index is 0. The summed E-state index contributed by atoms with van der Waals surface area (Å²) in [4.78, 5) is 17.6. The summed E-state index contributed by atoms with van der Waals surface area (Å²) in [5.41, 5.74) is 5.38. The molecule has 0 radical (unpaired) electrons. The van der Waals surface area contributed by atoms with Crippen molar-refractivity contribution in [2.75, 3.05) is 23.7 Å². The van der Waals surface area contributed by atoms with Crippen LogP contribution in [0.4, 0.5) is 11.8 Å². The summed E-state index contributed by atoms with van der Waals surface area (Å²) < 4.78 is 2.15. The van der Waals surface area contributed by atoms with Crippen LogP contribution in [0, 0.1) is 11.8 Å². The molecule has 2 N–H and O–H groups in total. The molecule has 0 saturated heterocycles. The summed E-state index contributed by atoms with van der Waals surface area (Å²) in [6.07, 6.45) is 12.6. The van der Waals surface area contributed by atoms with E-state index in [1.807, 2.05) is 6.33 Å². The number of halogens is 1. The number of benzene rings is 2. The molecule has 8 heteroatoms. The van der Waals surface area contributed by atoms with Gasteiger partial charge in [-0.05, 0) is 93.7 Å². The van der Waals surface area contributed by atoms with Crippen LogP contribution in [0.1, 0.15) is 76.8 Å². The summed E-state index contributed by atoms with van der Waals surface area (Å²) >= 11 is 0. The van der Waals surface area contributed by atoms with Gasteiger partial charge in [0, 0.05) is 37.8 Å². The summed E-state index contributed by atoms with van der Waals surface area (Å²) in [7, 11) is 0. The quantitative estimate of drug-likeness (QED) is 0.172. The van der Waals surface area contributed by atoms with Crippen LogP contribution in [0.2, 0.25) is 0 Å². The van der Waals surface area contributed by atoms with E-state index in [0.29, 0.717) is 18.5 Å². The monoisotopic (exact) mass is 599 g/mol. The Hall–Kier alpha value is -3.16. The zero-order valence-electron chi connectivity index (χ0n) is 25.6. The predicted molar refractivity (Wildman–Crippen MR) is 179 cm³/mol. The highest BCUT2D eigenvalue weighted by Crippen LogP contribution is 2.37. The van der Waals surface area contributed by atoms with Crippen molar-refractivity contribution >= 4 is 35.3 Å². The number of hydrogen-bond donors (Lipinski definition) is 2. The first-order valence-electron chi connectivity index (χ1n) is 16.2. The Balaban J connectivity index is 0.00000329. The Bertz CT molecular complexity index is 1460. The van der Waals surface area contributed by atoms with Gasteiger partial charge in [0.2, 0.25) is 5.95 Å². The van der Waals surface area contributed by atoms with Gasteiger partial charge in [-0.1, -0.05) is 54.6 Å². The van der Waals surface area contributed by atoms with E-state index < -0.39 is 0 Å². The lowest BCUT2D eigenvalue weighted by molar-refractivity contribution is 0.139. The van der Waals surface area contributed by atoms with Gasteiger partial charge in [-0.15, -0.1) is 12.4 Å². The number of fused-ring (bicyclic) bond motifs is 1. The van der Waals surface area contributed by atoms with Crippen molar-refractivity contribution in [1.82, 2.24) is 24.4 Å². The number of aromatic nitrogens is 4. The molecule has 228 valence electrons. The SMILES string of the molecule is CC(C)n1cnc2c(NCc3ccc(-c4ccccc4)cc3)nc(NC3CCC(N(CC4CC4)CC4CC4)CC3)nc21.Cl. The third-order valence-corrected chi connectivity index (χ3v) is 9.42. The number of anilines is 2. The fourth-order valence-corrected chi connectivity index (χ4v) is 6.52. The van der Waals surface area contributed by atoms with E-state index in [1.165, 1.54) is 81.1 Å². The molecule has 2 aromatic carbocycles. The summed E-state index contributed by atoms with van der Waals surface area (Å²) in [6.45, 7) is 7.70. The normalized spacial score (nSPS) is 20.4. The van der Waals surface area contributed by atoms with Crippen molar-refractivity contribution in [2.45, 2.75) is 89.9 Å². The molecule has 7 nitrogen and oxygen atoms in total. The van der Waals surface area contributed by atoms with Crippen molar-refractivity contribution in [2.24, 2.45) is 11.8 Å². The lowest BCUT2D eigenvalue weighted by Gasteiger charge is -2.37. The lowest BCUT2D eigenvalue weighted by atomic mass is 9.90. The molecular weight excluding hydrogens is 554 g/mol. The largest absolute Gasteiger partial charge is 0.364 e. The van der Waals surface area contributed by atoms with Gasteiger partial charge in [0.05, 0.1) is 6.33 Å². The van der Waals surface area contributed by atoms with Crippen molar-refractivity contribution < 1.29 is 0 Å². The Morgan fingerprint density at radius 3 is 2.09 bits per heavy atom. The zero-order chi connectivity index (χ0) is 28.5. The average molecular weight is 600 g/mol. The molecule has 0 bridgehead atoms. The topological polar surface area (TPSA) is 70.9 Å². The van der Waals surface area contributed by atoms with Crippen LogP contribution in [-0.4, -0.2) is 49.6 Å². The Kier molecular flexibility index (Phi) is 9.20. The first-order chi connectivity index (χ1) is 20.6. The van der Waals surface area contributed by atoms with E-state index >= 15 is 0 Å². The maximum absolute atomic E-state index is 4.99. The number of hydrogen-bond acceptors (Lipinski definition) is 6. The van der Waals surface area contributed by atoms with Gasteiger partial charge in [0.1, 0.15) is 0 Å². The van der Waals surface area contributed by atoms with Gasteiger partial charge < -0.3 is 15.2 Å². The highest BCUT2D eigenvalue weighted by atomic mass is 35.5. The first-order valence-corrected chi connectivity index (χ1v) is 16.2. The first kappa shape index (κ1) is 29.9. The molecule has 3 fully saturated rings. The molecule has 7 rings (SSSR count). The second-order valence-corrected chi connectivity index (χ2v) is 13.2. The fourth-order valence-electron chi connectivity index (χ4n) is 6.52. The maximum Gasteiger partial charge on any atom is 0.227 e. The van der Waals surface area contributed by atoms with E-state index in [0.717, 1.165) is 34.9 Å². The van der Waals surface area contributed by atoms with Crippen molar-refractivity contribution in [3.8, 4) is 11.1 Å². The third kappa shape index (κ3) is 7.32. The molecule has 4 aromatic rings. The maximum atomic E-state index is 4.99. The van der Waals surface area contributed by atoms with E-state index in [9.17, 15) is 0 Å². The molecule has 0 amide bonds. The summed E-state index contributed by atoms with van der Waals surface area (Å²) in [5.74, 6) is 3.45. The predicted octanol–water partition coefficient (Wildman–Crippen LogP) is 7.95. The van der Waals surface area contributed by atoms with E-state index in [2.05, 4.69) is 88.5 Å². The van der Waals surface area contributed by atoms with Crippen LogP contribution >= 0.6 is 12.4 Å². The molecule has 0 spiro atoms. The molecule has 0 aliphatic heterocycles. The van der Waals surface area contributed by atoms with Gasteiger partial charge in [0.25, 0.3) is 0 Å². The number of nitrogens with zero attached hydrogens (tertiary/aromatic N) is 5. The van der Waals surface area contributed by atoms with Crippen LogP contribution in [0.3, 0.4) is 0 Å². The van der Waals surface area contributed by atoms with Crippen LogP contribution in [-0.2, 0) is 6.54 Å². The van der Waals surface area contributed by atoms with Crippen LogP contribution in [0.15, 0.2) is 60.9 Å². The number of nitrogens with one attached hydrogen (secondary N) is 2. The Morgan fingerprint density at radius 1 is 0.814 bits per heavy atom. The molecule has 3 aliphatic rings. The Morgan fingerprint density at radius 2 is 1.47 bits per heavy atom. The number of imidazole rings is 1. The molecule has 3 saturated carbocycles. The highest BCUT2D eigenvalue weighted by Gasteiger charge is 2.34. The van der Waals surface area contributed by atoms with Gasteiger partial charge in [0.15, 0.2) is 17.0 Å². The molecule has 2 aromatic heterocycles. The average Bonchev–Trinajstić information content (AvgIpc) is 3.96. The second-order valence-electron chi connectivity index (χ2n) is 13.2. The van der Waals surface area contributed by atoms with Gasteiger partial charge in [-0.2, -0.15) is 9.97 Å². The standard InChI is InChI=1S/C35H45N7.ClH/c1-24(2)42-23-37-32-33(36-20-25-12-14-29(15-13-25)28-6-4-3-5-7-28)39-35(40-34(32)42)38-30-16-18-31(19-17-30)41(21-26-8-9-26)22-27-10-11-27;/h3-7,12-15,23-24,26-27,30-31H,8-11,16-22H2,1-2H3,(H2,36,38,39,40);1H. The van der Waals surface area contributed by atoms with Gasteiger partial charge >= 0.3 is 0 Å². The van der Waals surface area contributed by atoms with E-state index in [1.54, 1.807) is 0 Å². The van der Waals surface area contributed by atoms with Crippen LogP contribution < -0.4 is 10.6 Å². The molecule has 0 unspecified atom stereocenters. The zero-order valence-corrected chi connectivity index (χ0v) is 26.4. The Labute approximate surface area is 262 Å².